The second-order valence-corrected chi connectivity index (χ2v) is 9.05. The second kappa shape index (κ2) is 10.1. The van der Waals surface area contributed by atoms with Crippen molar-refractivity contribution in [3.05, 3.63) is 82.9 Å². The highest BCUT2D eigenvalue weighted by Crippen LogP contribution is 2.33. The van der Waals surface area contributed by atoms with Crippen LogP contribution in [-0.2, 0) is 11.2 Å². The maximum atomic E-state index is 12.5. The molecule has 1 amide bonds. The van der Waals surface area contributed by atoms with E-state index in [0.29, 0.717) is 11.6 Å². The van der Waals surface area contributed by atoms with Gasteiger partial charge in [0, 0.05) is 22.8 Å². The lowest BCUT2D eigenvalue weighted by molar-refractivity contribution is 0.0582. The quantitative estimate of drug-likeness (QED) is 0.392. The Balaban J connectivity index is 1.81. The molecule has 0 aromatic heterocycles. The van der Waals surface area contributed by atoms with Crippen molar-refractivity contribution in [2.75, 3.05) is 18.6 Å². The molecule has 0 radical (unpaired) electrons. The molecular weight excluding hydrogens is 422 g/mol. The molecule has 32 heavy (non-hydrogen) atoms. The van der Waals surface area contributed by atoms with Crippen LogP contribution in [0.5, 0.6) is 5.75 Å². The standard InChI is InChI=1S/C27H30ClNO3/c1-6-29(26(30)32-27(2,3)4)23-13-10-19(11-14-23)16-20-12-15-25(31-5)24(17-20)21-8-7-9-22(28)18-21/h7-15,17-18H,6,16H2,1-5H3. The minimum absolute atomic E-state index is 0.339. The smallest absolute Gasteiger partial charge is 0.414 e. The zero-order valence-corrected chi connectivity index (χ0v) is 20.1. The van der Waals surface area contributed by atoms with Crippen molar-refractivity contribution >= 4 is 23.4 Å². The van der Waals surface area contributed by atoms with Crippen LogP contribution in [0.2, 0.25) is 5.02 Å². The Labute approximate surface area is 195 Å². The van der Waals surface area contributed by atoms with Gasteiger partial charge in [-0.05, 0) is 87.2 Å². The van der Waals surface area contributed by atoms with E-state index in [2.05, 4.69) is 12.1 Å². The van der Waals surface area contributed by atoms with Crippen molar-refractivity contribution in [2.45, 2.75) is 39.7 Å². The van der Waals surface area contributed by atoms with Crippen LogP contribution in [0.1, 0.15) is 38.8 Å². The Kier molecular flexibility index (Phi) is 7.47. The number of benzene rings is 3. The maximum Gasteiger partial charge on any atom is 0.414 e. The van der Waals surface area contributed by atoms with E-state index in [4.69, 9.17) is 21.1 Å². The highest BCUT2D eigenvalue weighted by atomic mass is 35.5. The predicted molar refractivity (Wildman–Crippen MR) is 132 cm³/mol. The minimum Gasteiger partial charge on any atom is -0.496 e. The van der Waals surface area contributed by atoms with E-state index in [9.17, 15) is 4.79 Å². The first-order valence-corrected chi connectivity index (χ1v) is 11.1. The molecule has 0 spiro atoms. The summed E-state index contributed by atoms with van der Waals surface area (Å²) in [5.41, 5.74) is 4.62. The third-order valence-electron chi connectivity index (χ3n) is 4.99. The van der Waals surface area contributed by atoms with Gasteiger partial charge in [0.2, 0.25) is 0 Å². The van der Waals surface area contributed by atoms with Crippen molar-refractivity contribution in [3.8, 4) is 16.9 Å². The van der Waals surface area contributed by atoms with E-state index >= 15 is 0 Å². The molecule has 0 unspecified atom stereocenters. The molecule has 0 heterocycles. The summed E-state index contributed by atoms with van der Waals surface area (Å²) in [6.07, 6.45) is 0.421. The van der Waals surface area contributed by atoms with Gasteiger partial charge in [0.05, 0.1) is 7.11 Å². The van der Waals surface area contributed by atoms with E-state index in [-0.39, 0.29) is 6.09 Å². The molecule has 0 aliphatic carbocycles. The van der Waals surface area contributed by atoms with Crippen LogP contribution in [0, 0.1) is 0 Å². The molecule has 3 aromatic rings. The Hall–Kier alpha value is -2.98. The largest absolute Gasteiger partial charge is 0.496 e. The zero-order chi connectivity index (χ0) is 23.3. The monoisotopic (exact) mass is 451 g/mol. The summed E-state index contributed by atoms with van der Waals surface area (Å²) in [5.74, 6) is 0.808. The van der Waals surface area contributed by atoms with Crippen molar-refractivity contribution in [3.63, 3.8) is 0 Å². The highest BCUT2D eigenvalue weighted by Gasteiger charge is 2.22. The summed E-state index contributed by atoms with van der Waals surface area (Å²) in [6, 6.07) is 22.0. The van der Waals surface area contributed by atoms with Crippen molar-refractivity contribution in [2.24, 2.45) is 0 Å². The van der Waals surface area contributed by atoms with E-state index in [1.807, 2.05) is 82.3 Å². The molecule has 168 valence electrons. The number of rotatable bonds is 6. The van der Waals surface area contributed by atoms with Gasteiger partial charge < -0.3 is 9.47 Å². The van der Waals surface area contributed by atoms with Crippen LogP contribution in [-0.4, -0.2) is 25.3 Å². The number of carbonyl (C=O) groups excluding carboxylic acids is 1. The normalized spacial score (nSPS) is 11.2. The van der Waals surface area contributed by atoms with Gasteiger partial charge in [0.15, 0.2) is 0 Å². The van der Waals surface area contributed by atoms with Crippen LogP contribution in [0.25, 0.3) is 11.1 Å². The topological polar surface area (TPSA) is 38.8 Å². The van der Waals surface area contributed by atoms with Gasteiger partial charge in [-0.25, -0.2) is 4.79 Å². The van der Waals surface area contributed by atoms with E-state index in [1.165, 1.54) is 0 Å². The van der Waals surface area contributed by atoms with Gasteiger partial charge in [0.25, 0.3) is 0 Å². The number of hydrogen-bond donors (Lipinski definition) is 0. The zero-order valence-electron chi connectivity index (χ0n) is 19.3. The molecule has 0 atom stereocenters. The molecule has 3 aromatic carbocycles. The van der Waals surface area contributed by atoms with Gasteiger partial charge in [0.1, 0.15) is 11.4 Å². The van der Waals surface area contributed by atoms with Crippen LogP contribution < -0.4 is 9.64 Å². The number of halogens is 1. The van der Waals surface area contributed by atoms with Crippen LogP contribution in [0.3, 0.4) is 0 Å². The molecule has 0 fully saturated rings. The molecule has 0 saturated carbocycles. The first-order valence-electron chi connectivity index (χ1n) is 10.7. The van der Waals surface area contributed by atoms with E-state index in [0.717, 1.165) is 40.1 Å². The highest BCUT2D eigenvalue weighted by molar-refractivity contribution is 6.30. The third-order valence-corrected chi connectivity index (χ3v) is 5.22. The average Bonchev–Trinajstić information content (AvgIpc) is 2.74. The summed E-state index contributed by atoms with van der Waals surface area (Å²) >= 11 is 6.19. The minimum atomic E-state index is -0.528. The average molecular weight is 452 g/mol. The number of anilines is 1. The molecular formula is C27H30ClNO3. The fourth-order valence-electron chi connectivity index (χ4n) is 3.51. The predicted octanol–water partition coefficient (Wildman–Crippen LogP) is 7.37. The molecule has 0 aliphatic rings. The summed E-state index contributed by atoms with van der Waals surface area (Å²) < 4.78 is 11.1. The molecule has 0 aliphatic heterocycles. The van der Waals surface area contributed by atoms with Gasteiger partial charge in [-0.1, -0.05) is 41.9 Å². The number of methoxy groups -OCH3 is 1. The number of amides is 1. The second-order valence-electron chi connectivity index (χ2n) is 8.61. The van der Waals surface area contributed by atoms with E-state index < -0.39 is 5.60 Å². The lowest BCUT2D eigenvalue weighted by Gasteiger charge is -2.26. The first kappa shape index (κ1) is 23.7. The first-order chi connectivity index (χ1) is 15.2. The van der Waals surface area contributed by atoms with Crippen molar-refractivity contribution < 1.29 is 14.3 Å². The number of carbonyl (C=O) groups is 1. The summed E-state index contributed by atoms with van der Waals surface area (Å²) in [4.78, 5) is 14.1. The number of nitrogens with zero attached hydrogens (tertiary/aromatic N) is 1. The summed E-state index contributed by atoms with van der Waals surface area (Å²) in [7, 11) is 1.67. The van der Waals surface area contributed by atoms with Crippen molar-refractivity contribution in [1.82, 2.24) is 0 Å². The van der Waals surface area contributed by atoms with Gasteiger partial charge in [-0.3, -0.25) is 4.90 Å². The maximum absolute atomic E-state index is 12.5. The SMILES string of the molecule is CCN(C(=O)OC(C)(C)C)c1ccc(Cc2ccc(OC)c(-c3cccc(Cl)c3)c2)cc1. The lowest BCUT2D eigenvalue weighted by Crippen LogP contribution is -2.36. The Morgan fingerprint density at radius 3 is 2.25 bits per heavy atom. The Bertz CT molecular complexity index is 1070. The number of hydrogen-bond acceptors (Lipinski definition) is 3. The van der Waals surface area contributed by atoms with Crippen LogP contribution in [0.15, 0.2) is 66.7 Å². The van der Waals surface area contributed by atoms with Gasteiger partial charge in [-0.2, -0.15) is 0 Å². The van der Waals surface area contributed by atoms with E-state index in [1.54, 1.807) is 12.0 Å². The fraction of sp³-hybridized carbons (Fsp3) is 0.296. The lowest BCUT2D eigenvalue weighted by atomic mass is 9.98. The third kappa shape index (κ3) is 6.04. The molecule has 5 heteroatoms. The van der Waals surface area contributed by atoms with Crippen molar-refractivity contribution in [1.29, 1.82) is 0 Å². The van der Waals surface area contributed by atoms with Crippen LogP contribution >= 0.6 is 11.6 Å². The molecule has 0 saturated heterocycles. The molecule has 0 bridgehead atoms. The molecule has 4 nitrogen and oxygen atoms in total. The Morgan fingerprint density at radius 1 is 0.969 bits per heavy atom. The molecule has 0 N–H and O–H groups in total. The fourth-order valence-corrected chi connectivity index (χ4v) is 3.70. The number of ether oxygens (including phenoxy) is 2. The summed E-state index contributed by atoms with van der Waals surface area (Å²) in [5, 5.41) is 0.691. The molecule has 3 rings (SSSR count). The van der Waals surface area contributed by atoms with Gasteiger partial charge >= 0.3 is 6.09 Å². The van der Waals surface area contributed by atoms with Gasteiger partial charge in [-0.15, -0.1) is 0 Å². The summed E-state index contributed by atoms with van der Waals surface area (Å²) in [6.45, 7) is 8.08. The van der Waals surface area contributed by atoms with Crippen LogP contribution in [0.4, 0.5) is 10.5 Å². The Morgan fingerprint density at radius 2 is 1.66 bits per heavy atom.